The SMILES string of the molecule is CC(C)[C@@H](CNc1cccc(S)c1)NC(=O)[C@@H](CC(=O)N1CCOCC1)c1ccc(F)cc1. The van der Waals surface area contributed by atoms with E-state index < -0.39 is 5.92 Å². The molecule has 33 heavy (non-hydrogen) atoms. The number of hydrogen-bond donors (Lipinski definition) is 3. The molecular weight excluding hydrogens is 441 g/mol. The third-order valence-corrected chi connectivity index (χ3v) is 6.11. The van der Waals surface area contributed by atoms with Crippen LogP contribution < -0.4 is 10.6 Å². The highest BCUT2D eigenvalue weighted by Crippen LogP contribution is 2.23. The van der Waals surface area contributed by atoms with Crippen LogP contribution in [0.4, 0.5) is 10.1 Å². The molecule has 0 aromatic heterocycles. The van der Waals surface area contributed by atoms with Crippen LogP contribution >= 0.6 is 12.6 Å². The summed E-state index contributed by atoms with van der Waals surface area (Å²) >= 11 is 4.36. The fourth-order valence-electron chi connectivity index (χ4n) is 3.75. The summed E-state index contributed by atoms with van der Waals surface area (Å²) in [5, 5.41) is 6.46. The van der Waals surface area contributed by atoms with Crippen LogP contribution in [-0.2, 0) is 14.3 Å². The zero-order chi connectivity index (χ0) is 23.8. The molecule has 2 N–H and O–H groups in total. The van der Waals surface area contributed by atoms with Gasteiger partial charge in [0.15, 0.2) is 0 Å². The van der Waals surface area contributed by atoms with Crippen LogP contribution in [0.1, 0.15) is 31.7 Å². The Morgan fingerprint density at radius 2 is 1.82 bits per heavy atom. The molecule has 1 aliphatic rings. The molecular formula is C25H32FN3O3S. The lowest BCUT2D eigenvalue weighted by atomic mass is 9.92. The van der Waals surface area contributed by atoms with Gasteiger partial charge >= 0.3 is 0 Å². The first kappa shape index (κ1) is 25.1. The minimum absolute atomic E-state index is 0.0252. The third kappa shape index (κ3) is 7.47. The van der Waals surface area contributed by atoms with E-state index in [1.807, 2.05) is 38.1 Å². The summed E-state index contributed by atoms with van der Waals surface area (Å²) in [5.74, 6) is -1.28. The predicted molar refractivity (Wildman–Crippen MR) is 130 cm³/mol. The van der Waals surface area contributed by atoms with Gasteiger partial charge in [0.1, 0.15) is 5.82 Å². The molecule has 8 heteroatoms. The van der Waals surface area contributed by atoms with Gasteiger partial charge in [-0.1, -0.05) is 32.0 Å². The van der Waals surface area contributed by atoms with Gasteiger partial charge in [-0.2, -0.15) is 0 Å². The lowest BCUT2D eigenvalue weighted by Crippen LogP contribution is -2.47. The molecule has 2 aromatic carbocycles. The maximum atomic E-state index is 13.5. The number of hydrogen-bond acceptors (Lipinski definition) is 5. The molecule has 2 atom stereocenters. The van der Waals surface area contributed by atoms with Crippen molar-refractivity contribution in [1.29, 1.82) is 0 Å². The van der Waals surface area contributed by atoms with Crippen molar-refractivity contribution in [3.05, 3.63) is 59.9 Å². The average Bonchev–Trinajstić information content (AvgIpc) is 2.81. The highest BCUT2D eigenvalue weighted by atomic mass is 32.1. The van der Waals surface area contributed by atoms with Gasteiger partial charge in [0.25, 0.3) is 0 Å². The lowest BCUT2D eigenvalue weighted by molar-refractivity contribution is -0.138. The van der Waals surface area contributed by atoms with Crippen LogP contribution in [0.25, 0.3) is 0 Å². The van der Waals surface area contributed by atoms with E-state index in [-0.39, 0.29) is 36.0 Å². The van der Waals surface area contributed by atoms with Gasteiger partial charge in [0.05, 0.1) is 19.1 Å². The summed E-state index contributed by atoms with van der Waals surface area (Å²) < 4.78 is 18.8. The van der Waals surface area contributed by atoms with E-state index in [1.54, 1.807) is 17.0 Å². The second-order valence-corrected chi connectivity index (χ2v) is 9.11. The largest absolute Gasteiger partial charge is 0.383 e. The summed E-state index contributed by atoms with van der Waals surface area (Å²) in [4.78, 5) is 28.9. The number of amides is 2. The molecule has 6 nitrogen and oxygen atoms in total. The minimum Gasteiger partial charge on any atom is -0.383 e. The van der Waals surface area contributed by atoms with Crippen molar-refractivity contribution in [3.63, 3.8) is 0 Å². The van der Waals surface area contributed by atoms with E-state index >= 15 is 0 Å². The molecule has 1 heterocycles. The molecule has 178 valence electrons. The van der Waals surface area contributed by atoms with E-state index in [4.69, 9.17) is 4.74 Å². The van der Waals surface area contributed by atoms with Crippen LogP contribution in [0.3, 0.4) is 0 Å². The molecule has 1 aliphatic heterocycles. The summed E-state index contributed by atoms with van der Waals surface area (Å²) in [5.41, 5.74) is 1.54. The number of carbonyl (C=O) groups is 2. The highest BCUT2D eigenvalue weighted by Gasteiger charge is 2.29. The van der Waals surface area contributed by atoms with Gasteiger partial charge in [0, 0.05) is 42.7 Å². The topological polar surface area (TPSA) is 70.7 Å². The Kier molecular flexibility index (Phi) is 9.14. The first-order chi connectivity index (χ1) is 15.8. The van der Waals surface area contributed by atoms with Crippen LogP contribution in [0, 0.1) is 11.7 Å². The number of carbonyl (C=O) groups excluding carboxylic acids is 2. The first-order valence-corrected chi connectivity index (χ1v) is 11.7. The van der Waals surface area contributed by atoms with E-state index in [1.165, 1.54) is 12.1 Å². The van der Waals surface area contributed by atoms with Crippen molar-refractivity contribution in [2.24, 2.45) is 5.92 Å². The zero-order valence-electron chi connectivity index (χ0n) is 19.1. The number of morpholine rings is 1. The summed E-state index contributed by atoms with van der Waals surface area (Å²) in [6.07, 6.45) is 0.0252. The van der Waals surface area contributed by atoms with Crippen molar-refractivity contribution in [2.45, 2.75) is 37.1 Å². The Bertz CT molecular complexity index is 933. The molecule has 0 radical (unpaired) electrons. The molecule has 1 fully saturated rings. The predicted octanol–water partition coefficient (Wildman–Crippen LogP) is 3.70. The molecule has 1 saturated heterocycles. The van der Waals surface area contributed by atoms with Crippen LogP contribution in [0.2, 0.25) is 0 Å². The highest BCUT2D eigenvalue weighted by molar-refractivity contribution is 7.80. The average molecular weight is 474 g/mol. The van der Waals surface area contributed by atoms with Gasteiger partial charge in [-0.3, -0.25) is 9.59 Å². The van der Waals surface area contributed by atoms with E-state index in [0.717, 1.165) is 10.6 Å². The number of nitrogens with zero attached hydrogens (tertiary/aromatic N) is 1. The minimum atomic E-state index is -0.706. The Labute approximate surface area is 200 Å². The van der Waals surface area contributed by atoms with Crippen molar-refractivity contribution < 1.29 is 18.7 Å². The fraction of sp³-hybridized carbons (Fsp3) is 0.440. The van der Waals surface area contributed by atoms with Crippen LogP contribution in [-0.4, -0.2) is 55.6 Å². The number of rotatable bonds is 9. The number of halogens is 1. The molecule has 2 amide bonds. The number of anilines is 1. The number of nitrogens with one attached hydrogen (secondary N) is 2. The Morgan fingerprint density at radius 1 is 1.12 bits per heavy atom. The van der Waals surface area contributed by atoms with Crippen LogP contribution in [0.15, 0.2) is 53.4 Å². The quantitative estimate of drug-likeness (QED) is 0.486. The standard InChI is InChI=1S/C25H32FN3O3S/c1-17(2)23(16-27-20-4-3-5-21(33)14-20)28-25(31)22(18-6-8-19(26)9-7-18)15-24(30)29-10-12-32-13-11-29/h3-9,14,17,22-23,27,33H,10-13,15-16H2,1-2H3,(H,28,31)/t22-,23+/m0/s1. The summed E-state index contributed by atoms with van der Waals surface area (Å²) in [6.45, 7) is 6.61. The number of ether oxygens (including phenoxy) is 1. The van der Waals surface area contributed by atoms with E-state index in [0.29, 0.717) is 38.4 Å². The molecule has 0 saturated carbocycles. The van der Waals surface area contributed by atoms with Crippen molar-refractivity contribution in [3.8, 4) is 0 Å². The monoisotopic (exact) mass is 473 g/mol. The normalized spacial score (nSPS) is 15.7. The number of thiol groups is 1. The summed E-state index contributed by atoms with van der Waals surface area (Å²) in [6, 6.07) is 13.3. The van der Waals surface area contributed by atoms with Gasteiger partial charge in [-0.15, -0.1) is 12.6 Å². The molecule has 0 spiro atoms. The smallest absolute Gasteiger partial charge is 0.228 e. The number of benzene rings is 2. The van der Waals surface area contributed by atoms with Crippen LogP contribution in [0.5, 0.6) is 0 Å². The molecule has 0 aliphatic carbocycles. The fourth-order valence-corrected chi connectivity index (χ4v) is 3.98. The Morgan fingerprint density at radius 3 is 2.45 bits per heavy atom. The second-order valence-electron chi connectivity index (χ2n) is 8.59. The first-order valence-electron chi connectivity index (χ1n) is 11.3. The lowest BCUT2D eigenvalue weighted by Gasteiger charge is -2.30. The van der Waals surface area contributed by atoms with Crippen molar-refractivity contribution in [2.75, 3.05) is 38.2 Å². The molecule has 0 unspecified atom stereocenters. The van der Waals surface area contributed by atoms with Crippen molar-refractivity contribution in [1.82, 2.24) is 10.2 Å². The zero-order valence-corrected chi connectivity index (χ0v) is 20.0. The van der Waals surface area contributed by atoms with Gasteiger partial charge in [0.2, 0.25) is 11.8 Å². The maximum Gasteiger partial charge on any atom is 0.228 e. The second kappa shape index (κ2) is 12.0. The third-order valence-electron chi connectivity index (χ3n) is 5.84. The van der Waals surface area contributed by atoms with Gasteiger partial charge < -0.3 is 20.3 Å². The molecule has 2 aromatic rings. The Balaban J connectivity index is 1.72. The molecule has 0 bridgehead atoms. The van der Waals surface area contributed by atoms with Crippen molar-refractivity contribution >= 4 is 30.1 Å². The van der Waals surface area contributed by atoms with E-state index in [9.17, 15) is 14.0 Å². The molecule has 3 rings (SSSR count). The van der Waals surface area contributed by atoms with E-state index in [2.05, 4.69) is 23.3 Å². The summed E-state index contributed by atoms with van der Waals surface area (Å²) in [7, 11) is 0. The Hall–Kier alpha value is -2.58. The van der Waals surface area contributed by atoms with Gasteiger partial charge in [-0.25, -0.2) is 4.39 Å². The van der Waals surface area contributed by atoms with Gasteiger partial charge in [-0.05, 0) is 41.8 Å². The maximum absolute atomic E-state index is 13.5.